The molecule has 0 fully saturated rings. The van der Waals surface area contributed by atoms with Gasteiger partial charge in [0.25, 0.3) is 0 Å². The van der Waals surface area contributed by atoms with Crippen LogP contribution in [0.4, 0.5) is 0 Å². The Morgan fingerprint density at radius 1 is 1.38 bits per heavy atom. The molecule has 16 heavy (non-hydrogen) atoms. The smallest absolute Gasteiger partial charge is 0.320 e. The van der Waals surface area contributed by atoms with E-state index in [-0.39, 0.29) is 0 Å². The van der Waals surface area contributed by atoms with Crippen molar-refractivity contribution in [3.63, 3.8) is 0 Å². The van der Waals surface area contributed by atoms with E-state index in [2.05, 4.69) is 11.2 Å². The maximum absolute atomic E-state index is 11.1. The van der Waals surface area contributed by atoms with Crippen LogP contribution >= 0.6 is 0 Å². The minimum Gasteiger partial charge on any atom is -0.480 e. The molecule has 0 saturated carbocycles. The van der Waals surface area contributed by atoms with Crippen LogP contribution in [0.25, 0.3) is 0 Å². The summed E-state index contributed by atoms with van der Waals surface area (Å²) >= 11 is 0. The zero-order valence-electron chi connectivity index (χ0n) is 8.98. The summed E-state index contributed by atoms with van der Waals surface area (Å²) in [5.74, 6) is 0.693. The van der Waals surface area contributed by atoms with Crippen LogP contribution in [0.5, 0.6) is 0 Å². The van der Waals surface area contributed by atoms with E-state index in [0.29, 0.717) is 25.8 Å². The van der Waals surface area contributed by atoms with Gasteiger partial charge < -0.3 is 21.9 Å². The molecule has 90 valence electrons. The number of carboxylic acids is 1. The van der Waals surface area contributed by atoms with Crippen molar-refractivity contribution in [3.05, 3.63) is 0 Å². The molecule has 1 unspecified atom stereocenters. The predicted molar refractivity (Wildman–Crippen MR) is 59.3 cm³/mol. The Labute approximate surface area is 94.4 Å². The number of carbonyl (C=O) groups is 2. The quantitative estimate of drug-likeness (QED) is 0.316. The first kappa shape index (κ1) is 14.4. The molecule has 0 aliphatic heterocycles. The van der Waals surface area contributed by atoms with Gasteiger partial charge in [-0.05, 0) is 19.3 Å². The Hall–Kier alpha value is -1.58. The maximum atomic E-state index is 11.1. The van der Waals surface area contributed by atoms with Gasteiger partial charge >= 0.3 is 5.97 Å². The van der Waals surface area contributed by atoms with E-state index in [4.69, 9.17) is 23.0 Å². The van der Waals surface area contributed by atoms with E-state index in [1.165, 1.54) is 0 Å². The Bertz CT molecular complexity index is 286. The monoisotopic (exact) mass is 227 g/mol. The standard InChI is InChI=1S/C10H17N3O3/c1-2-7(11)9(14)13-6-4-3-5-8(12)10(15)16/h1,7-8H,3-6,11-12H2,(H,13,14)(H,15,16)/t7?,8-/m0/s1. The highest BCUT2D eigenvalue weighted by molar-refractivity contribution is 5.84. The van der Waals surface area contributed by atoms with Crippen LogP contribution in [0.1, 0.15) is 19.3 Å². The normalized spacial score (nSPS) is 13.6. The van der Waals surface area contributed by atoms with Gasteiger partial charge in [0.15, 0.2) is 0 Å². The Balaban J connectivity index is 3.52. The summed E-state index contributed by atoms with van der Waals surface area (Å²) < 4.78 is 0. The number of unbranched alkanes of at least 4 members (excludes halogenated alkanes) is 1. The second kappa shape index (κ2) is 7.68. The first-order valence-corrected chi connectivity index (χ1v) is 4.97. The second-order valence-electron chi connectivity index (χ2n) is 3.38. The predicted octanol–water partition coefficient (Wildman–Crippen LogP) is -1.35. The zero-order chi connectivity index (χ0) is 12.6. The molecule has 0 rings (SSSR count). The topological polar surface area (TPSA) is 118 Å². The third kappa shape index (κ3) is 6.01. The van der Waals surface area contributed by atoms with Gasteiger partial charge in [0, 0.05) is 6.54 Å². The van der Waals surface area contributed by atoms with E-state index in [1.807, 2.05) is 0 Å². The summed E-state index contributed by atoms with van der Waals surface area (Å²) in [5, 5.41) is 11.0. The first-order valence-electron chi connectivity index (χ1n) is 4.97. The summed E-state index contributed by atoms with van der Waals surface area (Å²) in [4.78, 5) is 21.4. The molecule has 0 saturated heterocycles. The molecule has 0 aliphatic rings. The Morgan fingerprint density at radius 3 is 2.50 bits per heavy atom. The fourth-order valence-electron chi connectivity index (χ4n) is 1.01. The fourth-order valence-corrected chi connectivity index (χ4v) is 1.01. The largest absolute Gasteiger partial charge is 0.480 e. The van der Waals surface area contributed by atoms with E-state index in [9.17, 15) is 9.59 Å². The number of nitrogens with one attached hydrogen (secondary N) is 1. The van der Waals surface area contributed by atoms with Crippen molar-refractivity contribution < 1.29 is 14.7 Å². The summed E-state index contributed by atoms with van der Waals surface area (Å²) in [6.07, 6.45) is 6.61. The molecular formula is C10H17N3O3. The third-order valence-electron chi connectivity index (χ3n) is 2.02. The lowest BCUT2D eigenvalue weighted by molar-refractivity contribution is -0.138. The van der Waals surface area contributed by atoms with Gasteiger partial charge in [0.05, 0.1) is 0 Å². The molecule has 2 atom stereocenters. The summed E-state index contributed by atoms with van der Waals surface area (Å²) in [6.45, 7) is 0.417. The van der Waals surface area contributed by atoms with E-state index < -0.39 is 24.0 Å². The van der Waals surface area contributed by atoms with Gasteiger partial charge in [-0.2, -0.15) is 0 Å². The lowest BCUT2D eigenvalue weighted by Crippen LogP contribution is -2.39. The van der Waals surface area contributed by atoms with Crippen LogP contribution in [0, 0.1) is 12.3 Å². The molecule has 0 radical (unpaired) electrons. The van der Waals surface area contributed by atoms with Crippen molar-refractivity contribution in [1.29, 1.82) is 0 Å². The third-order valence-corrected chi connectivity index (χ3v) is 2.02. The first-order chi connectivity index (χ1) is 7.49. The molecule has 6 N–H and O–H groups in total. The number of amides is 1. The number of aliphatic carboxylic acids is 1. The van der Waals surface area contributed by atoms with Crippen molar-refractivity contribution in [2.45, 2.75) is 31.3 Å². The summed E-state index contributed by atoms with van der Waals surface area (Å²) in [6, 6.07) is -1.77. The average molecular weight is 227 g/mol. The molecule has 0 aliphatic carbocycles. The molecule has 0 bridgehead atoms. The van der Waals surface area contributed by atoms with Gasteiger partial charge in [-0.25, -0.2) is 0 Å². The van der Waals surface area contributed by atoms with E-state index >= 15 is 0 Å². The number of terminal acetylenes is 1. The second-order valence-corrected chi connectivity index (χ2v) is 3.38. The van der Waals surface area contributed by atoms with Gasteiger partial charge in [-0.1, -0.05) is 5.92 Å². The molecule has 6 heteroatoms. The zero-order valence-corrected chi connectivity index (χ0v) is 8.98. The van der Waals surface area contributed by atoms with Crippen LogP contribution in [0.3, 0.4) is 0 Å². The molecular weight excluding hydrogens is 210 g/mol. The highest BCUT2D eigenvalue weighted by atomic mass is 16.4. The van der Waals surface area contributed by atoms with Crippen LogP contribution in [0.15, 0.2) is 0 Å². The van der Waals surface area contributed by atoms with Crippen molar-refractivity contribution in [2.75, 3.05) is 6.54 Å². The SMILES string of the molecule is C#CC(N)C(=O)NCCCC[C@H](N)C(=O)O. The number of rotatable bonds is 7. The van der Waals surface area contributed by atoms with Crippen LogP contribution in [-0.4, -0.2) is 35.6 Å². The Kier molecular flexibility index (Phi) is 6.92. The lowest BCUT2D eigenvalue weighted by Gasteiger charge is -2.08. The van der Waals surface area contributed by atoms with Crippen LogP contribution in [0.2, 0.25) is 0 Å². The highest BCUT2D eigenvalue weighted by Crippen LogP contribution is 1.98. The minimum absolute atomic E-state index is 0.381. The minimum atomic E-state index is -1.02. The molecule has 0 spiro atoms. The van der Waals surface area contributed by atoms with Gasteiger partial charge in [0.2, 0.25) is 5.91 Å². The molecule has 6 nitrogen and oxygen atoms in total. The Morgan fingerprint density at radius 2 is 2.00 bits per heavy atom. The van der Waals surface area contributed by atoms with Crippen LogP contribution in [-0.2, 0) is 9.59 Å². The lowest BCUT2D eigenvalue weighted by atomic mass is 10.1. The van der Waals surface area contributed by atoms with Gasteiger partial charge in [-0.3, -0.25) is 9.59 Å². The molecule has 0 heterocycles. The van der Waals surface area contributed by atoms with Crippen molar-refractivity contribution >= 4 is 11.9 Å². The fraction of sp³-hybridized carbons (Fsp3) is 0.600. The van der Waals surface area contributed by atoms with E-state index in [0.717, 1.165) is 0 Å². The maximum Gasteiger partial charge on any atom is 0.320 e. The van der Waals surface area contributed by atoms with Gasteiger partial charge in [0.1, 0.15) is 12.1 Å². The molecule has 0 aromatic carbocycles. The van der Waals surface area contributed by atoms with Crippen molar-refractivity contribution in [1.82, 2.24) is 5.32 Å². The molecule has 1 amide bonds. The van der Waals surface area contributed by atoms with Crippen molar-refractivity contribution in [2.24, 2.45) is 11.5 Å². The average Bonchev–Trinajstić information content (AvgIpc) is 2.26. The number of hydrogen-bond acceptors (Lipinski definition) is 4. The molecule has 0 aromatic rings. The van der Waals surface area contributed by atoms with E-state index in [1.54, 1.807) is 0 Å². The highest BCUT2D eigenvalue weighted by Gasteiger charge is 2.11. The molecule has 0 aromatic heterocycles. The summed E-state index contributed by atoms with van der Waals surface area (Å²) in [5.41, 5.74) is 10.6. The number of nitrogens with two attached hydrogens (primary N) is 2. The number of carboxylic acid groups (broad SMARTS) is 1. The number of hydrogen-bond donors (Lipinski definition) is 4. The van der Waals surface area contributed by atoms with Crippen molar-refractivity contribution in [3.8, 4) is 12.3 Å². The summed E-state index contributed by atoms with van der Waals surface area (Å²) in [7, 11) is 0. The van der Waals surface area contributed by atoms with Gasteiger partial charge in [-0.15, -0.1) is 6.42 Å². The number of carbonyl (C=O) groups excluding carboxylic acids is 1. The van der Waals surface area contributed by atoms with Crippen LogP contribution < -0.4 is 16.8 Å².